The fraction of sp³-hybridized carbons (Fsp3) is 0.273. The summed E-state index contributed by atoms with van der Waals surface area (Å²) in [5, 5.41) is 17.3. The molecule has 5 nitrogen and oxygen atoms in total. The highest BCUT2D eigenvalue weighted by atomic mass is 35.5. The van der Waals surface area contributed by atoms with Crippen LogP contribution in [0.25, 0.3) is 0 Å². The summed E-state index contributed by atoms with van der Waals surface area (Å²) in [6, 6.07) is 7.61. The number of hydrogen-bond acceptors (Lipinski definition) is 4. The van der Waals surface area contributed by atoms with Crippen molar-refractivity contribution < 1.29 is 8.42 Å². The second-order valence-corrected chi connectivity index (χ2v) is 5.81. The molecule has 1 N–H and O–H groups in total. The predicted molar refractivity (Wildman–Crippen MR) is 66.1 cm³/mol. The first kappa shape index (κ1) is 14.5. The van der Waals surface area contributed by atoms with Gasteiger partial charge < -0.3 is 0 Å². The van der Waals surface area contributed by atoms with E-state index in [4.69, 9.17) is 22.1 Å². The molecule has 0 bridgehead atoms. The van der Waals surface area contributed by atoms with Crippen molar-refractivity contribution in [2.75, 3.05) is 6.54 Å². The van der Waals surface area contributed by atoms with E-state index < -0.39 is 15.9 Å². The lowest BCUT2D eigenvalue weighted by molar-refractivity contribution is 0.573. The minimum Gasteiger partial charge on any atom is -0.210 e. The van der Waals surface area contributed by atoms with Crippen molar-refractivity contribution in [1.29, 1.82) is 10.5 Å². The van der Waals surface area contributed by atoms with E-state index in [1.807, 2.05) is 12.1 Å². The molecule has 0 aliphatic rings. The van der Waals surface area contributed by atoms with Gasteiger partial charge in [0.05, 0.1) is 27.5 Å². The molecule has 0 aliphatic heterocycles. The van der Waals surface area contributed by atoms with Crippen LogP contribution in [0.1, 0.15) is 12.5 Å². The largest absolute Gasteiger partial charge is 0.240 e. The summed E-state index contributed by atoms with van der Waals surface area (Å²) >= 11 is 5.76. The Morgan fingerprint density at radius 1 is 1.44 bits per heavy atom. The molecule has 1 aromatic carbocycles. The molecule has 0 spiro atoms. The molecule has 1 unspecified atom stereocenters. The predicted octanol–water partition coefficient (Wildman–Crippen LogP) is 1.65. The highest BCUT2D eigenvalue weighted by Crippen LogP contribution is 2.20. The summed E-state index contributed by atoms with van der Waals surface area (Å²) in [6.45, 7) is 1.63. The molecule has 7 heteroatoms. The topological polar surface area (TPSA) is 93.8 Å². The van der Waals surface area contributed by atoms with E-state index in [0.717, 1.165) is 0 Å². The quantitative estimate of drug-likeness (QED) is 0.909. The Balaban J connectivity index is 2.97. The van der Waals surface area contributed by atoms with Crippen molar-refractivity contribution in [3.63, 3.8) is 0 Å². The van der Waals surface area contributed by atoms with E-state index in [0.29, 0.717) is 0 Å². The highest BCUT2D eigenvalue weighted by molar-refractivity contribution is 7.89. The van der Waals surface area contributed by atoms with Gasteiger partial charge in [-0.05, 0) is 25.1 Å². The average molecular weight is 284 g/mol. The van der Waals surface area contributed by atoms with Crippen molar-refractivity contribution >= 4 is 21.6 Å². The zero-order valence-corrected chi connectivity index (χ0v) is 11.1. The van der Waals surface area contributed by atoms with E-state index in [1.165, 1.54) is 18.2 Å². The maximum Gasteiger partial charge on any atom is 0.240 e. The molecule has 1 rings (SSSR count). The molecule has 94 valence electrons. The van der Waals surface area contributed by atoms with Crippen LogP contribution in [0.5, 0.6) is 0 Å². The minimum atomic E-state index is -3.71. The number of halogens is 1. The number of nitrogens with one attached hydrogen (secondary N) is 1. The normalized spacial score (nSPS) is 12.4. The molecular formula is C11H10ClN3O2S. The second kappa shape index (κ2) is 5.83. The minimum absolute atomic E-state index is 0.0243. The number of hydrogen-bond donors (Lipinski definition) is 1. The van der Waals surface area contributed by atoms with E-state index in [2.05, 4.69) is 4.72 Å². The number of benzene rings is 1. The SMILES string of the molecule is CC(C#N)CNS(=O)(=O)c1ccc(C#N)c(Cl)c1. The van der Waals surface area contributed by atoms with Crippen molar-refractivity contribution in [2.45, 2.75) is 11.8 Å². The van der Waals surface area contributed by atoms with Gasteiger partial charge in [-0.3, -0.25) is 0 Å². The van der Waals surface area contributed by atoms with E-state index in [1.54, 1.807) is 6.92 Å². The molecule has 0 aromatic heterocycles. The van der Waals surface area contributed by atoms with Gasteiger partial charge in [0, 0.05) is 6.54 Å². The van der Waals surface area contributed by atoms with Gasteiger partial charge in [0.1, 0.15) is 6.07 Å². The molecule has 0 aliphatic carbocycles. The van der Waals surface area contributed by atoms with Gasteiger partial charge in [-0.2, -0.15) is 10.5 Å². The molecule has 0 saturated carbocycles. The lowest BCUT2D eigenvalue weighted by atomic mass is 10.2. The Labute approximate surface area is 111 Å². The van der Waals surface area contributed by atoms with Gasteiger partial charge in [-0.25, -0.2) is 13.1 Å². The molecule has 18 heavy (non-hydrogen) atoms. The standard InChI is InChI=1S/C11H10ClN3O2S/c1-8(5-13)7-15-18(16,17)10-3-2-9(6-14)11(12)4-10/h2-4,8,15H,7H2,1H3. The smallest absolute Gasteiger partial charge is 0.210 e. The fourth-order valence-corrected chi connectivity index (χ4v) is 2.56. The number of nitriles is 2. The van der Waals surface area contributed by atoms with Crippen LogP contribution in [0.3, 0.4) is 0 Å². The molecule has 0 saturated heterocycles. The Morgan fingerprint density at radius 2 is 2.11 bits per heavy atom. The molecule has 0 radical (unpaired) electrons. The number of nitrogens with zero attached hydrogens (tertiary/aromatic N) is 2. The van der Waals surface area contributed by atoms with E-state index >= 15 is 0 Å². The van der Waals surface area contributed by atoms with Crippen LogP contribution in [-0.2, 0) is 10.0 Å². The summed E-state index contributed by atoms with van der Waals surface area (Å²) in [5.74, 6) is -0.423. The Bertz CT molecular complexity index is 629. The number of sulfonamides is 1. The highest BCUT2D eigenvalue weighted by Gasteiger charge is 2.16. The van der Waals surface area contributed by atoms with Gasteiger partial charge >= 0.3 is 0 Å². The number of rotatable bonds is 4. The average Bonchev–Trinajstić information content (AvgIpc) is 2.35. The Hall–Kier alpha value is -1.60. The summed E-state index contributed by atoms with van der Waals surface area (Å²) in [5.41, 5.74) is 0.209. The summed E-state index contributed by atoms with van der Waals surface area (Å²) in [6.07, 6.45) is 0. The van der Waals surface area contributed by atoms with Crippen LogP contribution in [-0.4, -0.2) is 15.0 Å². The van der Waals surface area contributed by atoms with Gasteiger partial charge in [-0.15, -0.1) is 0 Å². The Kier molecular flexibility index (Phi) is 4.69. The molecule has 0 amide bonds. The molecule has 1 atom stereocenters. The summed E-state index contributed by atoms with van der Waals surface area (Å²) in [7, 11) is -3.71. The Morgan fingerprint density at radius 3 is 2.61 bits per heavy atom. The van der Waals surface area contributed by atoms with Crippen molar-refractivity contribution in [1.82, 2.24) is 4.72 Å². The monoisotopic (exact) mass is 283 g/mol. The molecule has 1 aromatic rings. The van der Waals surface area contributed by atoms with Crippen molar-refractivity contribution in [3.05, 3.63) is 28.8 Å². The van der Waals surface area contributed by atoms with E-state index in [9.17, 15) is 8.42 Å². The van der Waals surface area contributed by atoms with Crippen LogP contribution in [0, 0.1) is 28.6 Å². The lowest BCUT2D eigenvalue weighted by Gasteiger charge is -2.08. The van der Waals surface area contributed by atoms with Gasteiger partial charge in [0.2, 0.25) is 10.0 Å². The van der Waals surface area contributed by atoms with Gasteiger partial charge in [0.25, 0.3) is 0 Å². The first-order valence-electron chi connectivity index (χ1n) is 4.99. The first-order valence-corrected chi connectivity index (χ1v) is 6.85. The third-order valence-corrected chi connectivity index (χ3v) is 3.91. The molecule has 0 heterocycles. The first-order chi connectivity index (χ1) is 8.40. The third kappa shape index (κ3) is 3.44. The zero-order chi connectivity index (χ0) is 13.8. The van der Waals surface area contributed by atoms with Crippen LogP contribution in [0.2, 0.25) is 5.02 Å². The van der Waals surface area contributed by atoms with Crippen molar-refractivity contribution in [2.24, 2.45) is 5.92 Å². The lowest BCUT2D eigenvalue weighted by Crippen LogP contribution is -2.28. The van der Waals surface area contributed by atoms with Crippen molar-refractivity contribution in [3.8, 4) is 12.1 Å². The maximum atomic E-state index is 11.8. The van der Waals surface area contributed by atoms with Crippen LogP contribution >= 0.6 is 11.6 Å². The summed E-state index contributed by atoms with van der Waals surface area (Å²) in [4.78, 5) is -0.0309. The van der Waals surface area contributed by atoms with Crippen LogP contribution in [0.15, 0.2) is 23.1 Å². The zero-order valence-electron chi connectivity index (χ0n) is 9.51. The fourth-order valence-electron chi connectivity index (χ4n) is 1.12. The van der Waals surface area contributed by atoms with Crippen LogP contribution < -0.4 is 4.72 Å². The second-order valence-electron chi connectivity index (χ2n) is 3.64. The van der Waals surface area contributed by atoms with Crippen LogP contribution in [0.4, 0.5) is 0 Å². The van der Waals surface area contributed by atoms with E-state index in [-0.39, 0.29) is 22.0 Å². The third-order valence-electron chi connectivity index (χ3n) is 2.17. The van der Waals surface area contributed by atoms with Gasteiger partial charge in [-0.1, -0.05) is 11.6 Å². The molecule has 0 fully saturated rings. The summed E-state index contributed by atoms with van der Waals surface area (Å²) < 4.78 is 26.0. The molecular weight excluding hydrogens is 274 g/mol. The maximum absolute atomic E-state index is 11.8. The van der Waals surface area contributed by atoms with Gasteiger partial charge in [0.15, 0.2) is 0 Å².